The van der Waals surface area contributed by atoms with E-state index in [-0.39, 0.29) is 11.9 Å². The summed E-state index contributed by atoms with van der Waals surface area (Å²) >= 11 is 5.95. The molecule has 0 saturated carbocycles. The Labute approximate surface area is 129 Å². The monoisotopic (exact) mass is 300 g/mol. The van der Waals surface area contributed by atoms with Gasteiger partial charge in [0.05, 0.1) is 11.6 Å². The molecule has 2 aromatic rings. The molecule has 1 amide bonds. The Balaban J connectivity index is 1.84. The summed E-state index contributed by atoms with van der Waals surface area (Å²) in [4.78, 5) is 12.4. The van der Waals surface area contributed by atoms with Gasteiger partial charge in [-0.05, 0) is 48.6 Å². The molecule has 2 aromatic carbocycles. The third-order valence-electron chi connectivity index (χ3n) is 3.93. The highest BCUT2D eigenvalue weighted by Crippen LogP contribution is 2.30. The van der Waals surface area contributed by atoms with E-state index in [1.807, 2.05) is 12.1 Å². The maximum Gasteiger partial charge on any atom is 0.253 e. The fourth-order valence-electron chi connectivity index (χ4n) is 2.87. The summed E-state index contributed by atoms with van der Waals surface area (Å²) in [5.41, 5.74) is 9.27. The lowest BCUT2D eigenvalue weighted by Gasteiger charge is -2.26. The van der Waals surface area contributed by atoms with E-state index >= 15 is 0 Å². The second kappa shape index (κ2) is 5.78. The molecule has 3 N–H and O–H groups in total. The zero-order chi connectivity index (χ0) is 14.8. The van der Waals surface area contributed by atoms with Gasteiger partial charge in [0.15, 0.2) is 0 Å². The highest BCUT2D eigenvalue weighted by atomic mass is 35.5. The zero-order valence-corrected chi connectivity index (χ0v) is 12.4. The molecule has 1 aliphatic carbocycles. The third-order valence-corrected chi connectivity index (χ3v) is 4.17. The van der Waals surface area contributed by atoms with E-state index in [1.165, 1.54) is 11.1 Å². The van der Waals surface area contributed by atoms with E-state index in [0.717, 1.165) is 19.3 Å². The molecular weight excluding hydrogens is 284 g/mol. The first-order valence-electron chi connectivity index (χ1n) is 7.09. The topological polar surface area (TPSA) is 55.1 Å². The number of fused-ring (bicyclic) bond motifs is 1. The molecule has 3 rings (SSSR count). The van der Waals surface area contributed by atoms with E-state index < -0.39 is 0 Å². The van der Waals surface area contributed by atoms with E-state index in [1.54, 1.807) is 18.2 Å². The predicted molar refractivity (Wildman–Crippen MR) is 85.5 cm³/mol. The van der Waals surface area contributed by atoms with Crippen molar-refractivity contribution < 1.29 is 4.79 Å². The van der Waals surface area contributed by atoms with Crippen molar-refractivity contribution in [2.45, 2.75) is 25.3 Å². The Morgan fingerprint density at radius 3 is 2.90 bits per heavy atom. The van der Waals surface area contributed by atoms with Crippen LogP contribution in [0.3, 0.4) is 0 Å². The Hall–Kier alpha value is -2.00. The van der Waals surface area contributed by atoms with Gasteiger partial charge in [-0.15, -0.1) is 0 Å². The van der Waals surface area contributed by atoms with Gasteiger partial charge in [-0.1, -0.05) is 35.9 Å². The number of amides is 1. The molecule has 0 saturated heterocycles. The summed E-state index contributed by atoms with van der Waals surface area (Å²) < 4.78 is 0. The van der Waals surface area contributed by atoms with Gasteiger partial charge in [-0.3, -0.25) is 4.79 Å². The van der Waals surface area contributed by atoms with Crippen LogP contribution in [0.15, 0.2) is 42.5 Å². The van der Waals surface area contributed by atoms with Crippen molar-refractivity contribution in [2.75, 3.05) is 5.73 Å². The second-order valence-corrected chi connectivity index (χ2v) is 5.79. The van der Waals surface area contributed by atoms with Gasteiger partial charge in [0, 0.05) is 10.7 Å². The summed E-state index contributed by atoms with van der Waals surface area (Å²) in [6, 6.07) is 13.3. The number of benzene rings is 2. The van der Waals surface area contributed by atoms with Crippen LogP contribution in [-0.2, 0) is 6.42 Å². The van der Waals surface area contributed by atoms with Crippen molar-refractivity contribution in [3.63, 3.8) is 0 Å². The lowest BCUT2D eigenvalue weighted by molar-refractivity contribution is 0.0933. The molecule has 0 aromatic heterocycles. The molecule has 0 fully saturated rings. The van der Waals surface area contributed by atoms with Gasteiger partial charge in [0.2, 0.25) is 0 Å². The number of hydrogen-bond acceptors (Lipinski definition) is 2. The minimum Gasteiger partial charge on any atom is -0.398 e. The van der Waals surface area contributed by atoms with Gasteiger partial charge >= 0.3 is 0 Å². The van der Waals surface area contributed by atoms with E-state index in [0.29, 0.717) is 16.3 Å². The average molecular weight is 301 g/mol. The Bertz CT molecular complexity index is 684. The van der Waals surface area contributed by atoms with Crippen molar-refractivity contribution in [1.82, 2.24) is 5.32 Å². The van der Waals surface area contributed by atoms with Crippen LogP contribution in [-0.4, -0.2) is 5.91 Å². The highest BCUT2D eigenvalue weighted by Gasteiger charge is 2.22. The highest BCUT2D eigenvalue weighted by molar-refractivity contribution is 6.31. The summed E-state index contributed by atoms with van der Waals surface area (Å²) in [5, 5.41) is 3.59. The first-order chi connectivity index (χ1) is 10.1. The van der Waals surface area contributed by atoms with Gasteiger partial charge in [-0.25, -0.2) is 0 Å². The fourth-order valence-corrected chi connectivity index (χ4v) is 3.04. The Morgan fingerprint density at radius 1 is 1.24 bits per heavy atom. The number of carbonyl (C=O) groups is 1. The molecule has 0 radical (unpaired) electrons. The van der Waals surface area contributed by atoms with Crippen LogP contribution < -0.4 is 11.1 Å². The number of rotatable bonds is 2. The van der Waals surface area contributed by atoms with Gasteiger partial charge in [0.1, 0.15) is 0 Å². The molecule has 0 bridgehead atoms. The van der Waals surface area contributed by atoms with E-state index in [4.69, 9.17) is 17.3 Å². The molecule has 0 heterocycles. The van der Waals surface area contributed by atoms with Crippen molar-refractivity contribution >= 4 is 23.2 Å². The minimum atomic E-state index is -0.170. The number of nitrogens with one attached hydrogen (secondary N) is 1. The maximum atomic E-state index is 12.4. The number of halogens is 1. The van der Waals surface area contributed by atoms with E-state index in [9.17, 15) is 4.79 Å². The van der Waals surface area contributed by atoms with Gasteiger partial charge < -0.3 is 11.1 Å². The lowest BCUT2D eigenvalue weighted by atomic mass is 9.87. The van der Waals surface area contributed by atoms with Crippen LogP contribution in [0.2, 0.25) is 5.02 Å². The molecule has 1 aliphatic rings. The van der Waals surface area contributed by atoms with Crippen LogP contribution in [0.1, 0.15) is 40.4 Å². The molecule has 0 spiro atoms. The Morgan fingerprint density at radius 2 is 2.05 bits per heavy atom. The van der Waals surface area contributed by atoms with Crippen LogP contribution >= 0.6 is 11.6 Å². The SMILES string of the molecule is Nc1ccc(Cl)cc1C(=O)NC1CCCc2ccccc21. The maximum absolute atomic E-state index is 12.4. The first-order valence-corrected chi connectivity index (χ1v) is 7.46. The fraction of sp³-hybridized carbons (Fsp3) is 0.235. The van der Waals surface area contributed by atoms with Crippen LogP contribution in [0, 0.1) is 0 Å². The lowest BCUT2D eigenvalue weighted by Crippen LogP contribution is -2.31. The third kappa shape index (κ3) is 2.88. The molecule has 1 atom stereocenters. The van der Waals surface area contributed by atoms with E-state index in [2.05, 4.69) is 17.4 Å². The predicted octanol–water partition coefficient (Wildman–Crippen LogP) is 3.73. The van der Waals surface area contributed by atoms with Crippen molar-refractivity contribution in [1.29, 1.82) is 0 Å². The van der Waals surface area contributed by atoms with Gasteiger partial charge in [-0.2, -0.15) is 0 Å². The quantitative estimate of drug-likeness (QED) is 0.830. The first kappa shape index (κ1) is 14.0. The minimum absolute atomic E-state index is 0.0424. The summed E-state index contributed by atoms with van der Waals surface area (Å²) in [5.74, 6) is -0.170. The van der Waals surface area contributed by atoms with Crippen molar-refractivity contribution in [2.24, 2.45) is 0 Å². The van der Waals surface area contributed by atoms with Crippen LogP contribution in [0.25, 0.3) is 0 Å². The van der Waals surface area contributed by atoms with Crippen LogP contribution in [0.5, 0.6) is 0 Å². The largest absolute Gasteiger partial charge is 0.398 e. The van der Waals surface area contributed by atoms with Crippen molar-refractivity contribution in [3.8, 4) is 0 Å². The molecule has 108 valence electrons. The normalized spacial score (nSPS) is 17.1. The number of anilines is 1. The number of nitrogens with two attached hydrogens (primary N) is 1. The molecular formula is C17H17ClN2O. The smallest absolute Gasteiger partial charge is 0.253 e. The Kier molecular flexibility index (Phi) is 3.84. The second-order valence-electron chi connectivity index (χ2n) is 5.35. The standard InChI is InChI=1S/C17H17ClN2O/c18-12-8-9-15(19)14(10-12)17(21)20-16-7-3-5-11-4-1-2-6-13(11)16/h1-2,4,6,8-10,16H,3,5,7,19H2,(H,20,21). The average Bonchev–Trinajstić information content (AvgIpc) is 2.50. The number of nitrogen functional groups attached to an aromatic ring is 1. The molecule has 1 unspecified atom stereocenters. The molecule has 4 heteroatoms. The summed E-state index contributed by atoms with van der Waals surface area (Å²) in [6.45, 7) is 0. The summed E-state index contributed by atoms with van der Waals surface area (Å²) in [7, 11) is 0. The van der Waals surface area contributed by atoms with Crippen molar-refractivity contribution in [3.05, 3.63) is 64.2 Å². The zero-order valence-electron chi connectivity index (χ0n) is 11.6. The number of carbonyl (C=O) groups excluding carboxylic acids is 1. The molecule has 0 aliphatic heterocycles. The number of aryl methyl sites for hydroxylation is 1. The number of hydrogen-bond donors (Lipinski definition) is 2. The van der Waals surface area contributed by atoms with Gasteiger partial charge in [0.25, 0.3) is 5.91 Å². The molecule has 3 nitrogen and oxygen atoms in total. The van der Waals surface area contributed by atoms with Crippen LogP contribution in [0.4, 0.5) is 5.69 Å². The molecule has 21 heavy (non-hydrogen) atoms. The summed E-state index contributed by atoms with van der Waals surface area (Å²) in [6.07, 6.45) is 3.10.